The van der Waals surface area contributed by atoms with Gasteiger partial charge in [-0.15, -0.1) is 0 Å². The Labute approximate surface area is 116 Å². The van der Waals surface area contributed by atoms with Crippen LogP contribution in [-0.2, 0) is 0 Å². The van der Waals surface area contributed by atoms with Crippen molar-refractivity contribution in [2.75, 3.05) is 5.73 Å². The number of nitrogen functional groups attached to an aromatic ring is 1. The molecule has 20 heavy (non-hydrogen) atoms. The van der Waals surface area contributed by atoms with Gasteiger partial charge in [-0.25, -0.2) is 18.2 Å². The molecule has 0 radical (unpaired) electrons. The van der Waals surface area contributed by atoms with Gasteiger partial charge in [0.05, 0.1) is 16.7 Å². The van der Waals surface area contributed by atoms with Crippen molar-refractivity contribution in [3.63, 3.8) is 0 Å². The van der Waals surface area contributed by atoms with Crippen LogP contribution < -0.4 is 5.73 Å². The molecule has 0 aliphatic rings. The van der Waals surface area contributed by atoms with E-state index in [1.807, 2.05) is 0 Å². The Morgan fingerprint density at radius 2 is 1.70 bits per heavy atom. The van der Waals surface area contributed by atoms with Gasteiger partial charge < -0.3 is 5.73 Å². The van der Waals surface area contributed by atoms with Crippen molar-refractivity contribution in [1.29, 1.82) is 0 Å². The van der Waals surface area contributed by atoms with Crippen LogP contribution in [0.15, 0.2) is 30.3 Å². The number of benzene rings is 2. The molecular formula is C13H7ClF3N3. The number of halogens is 4. The van der Waals surface area contributed by atoms with Gasteiger partial charge in [0.1, 0.15) is 0 Å². The number of imidazole rings is 1. The lowest BCUT2D eigenvalue weighted by molar-refractivity contribution is 0.446. The average Bonchev–Trinajstić information content (AvgIpc) is 2.70. The van der Waals surface area contributed by atoms with Crippen molar-refractivity contribution in [3.05, 3.63) is 52.8 Å². The minimum Gasteiger partial charge on any atom is -0.369 e. The van der Waals surface area contributed by atoms with E-state index in [4.69, 9.17) is 17.3 Å². The second kappa shape index (κ2) is 4.42. The summed E-state index contributed by atoms with van der Waals surface area (Å²) in [6.45, 7) is 0. The zero-order valence-corrected chi connectivity index (χ0v) is 10.6. The molecule has 3 nitrogen and oxygen atoms in total. The highest BCUT2D eigenvalue weighted by Gasteiger charge is 2.16. The molecule has 102 valence electrons. The van der Waals surface area contributed by atoms with Crippen LogP contribution in [0.3, 0.4) is 0 Å². The SMILES string of the molecule is Nc1nc2ccc(Cl)cc2n1-c1cc(F)c(F)c(F)c1. The molecule has 1 aromatic heterocycles. The highest BCUT2D eigenvalue weighted by Crippen LogP contribution is 2.27. The van der Waals surface area contributed by atoms with Crippen LogP contribution in [0.1, 0.15) is 0 Å². The molecule has 3 aromatic rings. The Bertz CT molecular complexity index is 806. The van der Waals surface area contributed by atoms with Crippen LogP contribution in [0.25, 0.3) is 16.7 Å². The fraction of sp³-hybridized carbons (Fsp3) is 0. The molecular weight excluding hydrogens is 291 g/mol. The molecule has 0 atom stereocenters. The molecule has 0 bridgehead atoms. The van der Waals surface area contributed by atoms with E-state index in [1.54, 1.807) is 18.2 Å². The van der Waals surface area contributed by atoms with Crippen LogP contribution in [-0.4, -0.2) is 9.55 Å². The van der Waals surface area contributed by atoms with Crippen LogP contribution in [0.2, 0.25) is 5.02 Å². The second-order valence-electron chi connectivity index (χ2n) is 4.16. The van der Waals surface area contributed by atoms with Gasteiger partial charge in [0.25, 0.3) is 0 Å². The predicted octanol–water partition coefficient (Wildman–Crippen LogP) is 3.68. The molecule has 0 aliphatic heterocycles. The van der Waals surface area contributed by atoms with E-state index in [0.29, 0.717) is 16.1 Å². The lowest BCUT2D eigenvalue weighted by atomic mass is 10.2. The van der Waals surface area contributed by atoms with Gasteiger partial charge >= 0.3 is 0 Å². The molecule has 2 N–H and O–H groups in total. The fourth-order valence-corrected chi connectivity index (χ4v) is 2.18. The van der Waals surface area contributed by atoms with Gasteiger partial charge in [-0.05, 0) is 18.2 Å². The van der Waals surface area contributed by atoms with Gasteiger partial charge in [-0.1, -0.05) is 11.6 Å². The Balaban J connectivity index is 2.34. The number of nitrogens with zero attached hydrogens (tertiary/aromatic N) is 2. The minimum atomic E-state index is -1.53. The second-order valence-corrected chi connectivity index (χ2v) is 4.60. The van der Waals surface area contributed by atoms with E-state index in [1.165, 1.54) is 4.57 Å². The lowest BCUT2D eigenvalue weighted by Crippen LogP contribution is -2.03. The van der Waals surface area contributed by atoms with Crippen molar-refractivity contribution < 1.29 is 13.2 Å². The van der Waals surface area contributed by atoms with E-state index in [9.17, 15) is 13.2 Å². The molecule has 0 fully saturated rings. The summed E-state index contributed by atoms with van der Waals surface area (Å²) in [6, 6.07) is 6.49. The predicted molar refractivity (Wildman–Crippen MR) is 70.4 cm³/mol. The van der Waals surface area contributed by atoms with E-state index in [2.05, 4.69) is 4.98 Å². The summed E-state index contributed by atoms with van der Waals surface area (Å²) in [4.78, 5) is 4.06. The van der Waals surface area contributed by atoms with E-state index in [-0.39, 0.29) is 11.6 Å². The number of aromatic nitrogens is 2. The fourth-order valence-electron chi connectivity index (χ4n) is 2.01. The van der Waals surface area contributed by atoms with Crippen LogP contribution in [0.4, 0.5) is 19.1 Å². The molecule has 0 saturated carbocycles. The summed E-state index contributed by atoms with van der Waals surface area (Å²) < 4.78 is 41.0. The van der Waals surface area contributed by atoms with Crippen molar-refractivity contribution in [1.82, 2.24) is 9.55 Å². The first kappa shape index (κ1) is 12.8. The smallest absolute Gasteiger partial charge is 0.205 e. The monoisotopic (exact) mass is 297 g/mol. The topological polar surface area (TPSA) is 43.8 Å². The molecule has 0 saturated heterocycles. The Morgan fingerprint density at radius 1 is 1.05 bits per heavy atom. The maximum atomic E-state index is 13.3. The Morgan fingerprint density at radius 3 is 2.35 bits per heavy atom. The third-order valence-electron chi connectivity index (χ3n) is 2.87. The zero-order valence-electron chi connectivity index (χ0n) is 9.87. The van der Waals surface area contributed by atoms with Crippen LogP contribution in [0, 0.1) is 17.5 Å². The largest absolute Gasteiger partial charge is 0.369 e. The van der Waals surface area contributed by atoms with Gasteiger partial charge in [-0.2, -0.15) is 0 Å². The minimum absolute atomic E-state index is 0.0210. The van der Waals surface area contributed by atoms with E-state index in [0.717, 1.165) is 12.1 Å². The molecule has 2 aromatic carbocycles. The number of fused-ring (bicyclic) bond motifs is 1. The van der Waals surface area contributed by atoms with Crippen molar-refractivity contribution in [2.45, 2.75) is 0 Å². The average molecular weight is 298 g/mol. The lowest BCUT2D eigenvalue weighted by Gasteiger charge is -2.07. The van der Waals surface area contributed by atoms with Gasteiger partial charge in [0, 0.05) is 17.2 Å². The van der Waals surface area contributed by atoms with E-state index < -0.39 is 17.5 Å². The molecule has 7 heteroatoms. The van der Waals surface area contributed by atoms with Gasteiger partial charge in [0.15, 0.2) is 17.5 Å². The van der Waals surface area contributed by atoms with Crippen LogP contribution in [0.5, 0.6) is 0 Å². The highest BCUT2D eigenvalue weighted by atomic mass is 35.5. The number of anilines is 1. The van der Waals surface area contributed by atoms with E-state index >= 15 is 0 Å². The summed E-state index contributed by atoms with van der Waals surface area (Å²) in [5.41, 5.74) is 6.76. The molecule has 0 unspecified atom stereocenters. The number of rotatable bonds is 1. The summed E-state index contributed by atoms with van der Waals surface area (Å²) in [5, 5.41) is 0.418. The number of hydrogen-bond donors (Lipinski definition) is 1. The first-order chi connectivity index (χ1) is 9.47. The highest BCUT2D eigenvalue weighted by molar-refractivity contribution is 6.31. The maximum Gasteiger partial charge on any atom is 0.205 e. The third-order valence-corrected chi connectivity index (χ3v) is 3.10. The Hall–Kier alpha value is -2.21. The molecule has 0 aliphatic carbocycles. The standard InChI is InChI=1S/C13H7ClF3N3/c14-6-1-2-10-11(3-6)20(13(18)19-10)7-4-8(15)12(17)9(16)5-7/h1-5H,(H2,18,19). The Kier molecular flexibility index (Phi) is 2.83. The van der Waals surface area contributed by atoms with Crippen LogP contribution >= 0.6 is 11.6 Å². The quantitative estimate of drug-likeness (QED) is 0.696. The first-order valence-electron chi connectivity index (χ1n) is 5.56. The molecule has 0 amide bonds. The summed E-state index contributed by atoms with van der Waals surface area (Å²) in [5.74, 6) is -4.12. The van der Waals surface area contributed by atoms with Crippen molar-refractivity contribution in [3.8, 4) is 5.69 Å². The zero-order chi connectivity index (χ0) is 14.4. The number of hydrogen-bond acceptors (Lipinski definition) is 2. The summed E-state index contributed by atoms with van der Waals surface area (Å²) in [7, 11) is 0. The van der Waals surface area contributed by atoms with Crippen molar-refractivity contribution in [2.24, 2.45) is 0 Å². The number of nitrogens with two attached hydrogens (primary N) is 1. The third kappa shape index (κ3) is 1.89. The molecule has 0 spiro atoms. The van der Waals surface area contributed by atoms with Gasteiger partial charge in [-0.3, -0.25) is 4.57 Å². The molecule has 3 rings (SSSR count). The summed E-state index contributed by atoms with van der Waals surface area (Å²) in [6.07, 6.45) is 0. The normalized spacial score (nSPS) is 11.2. The van der Waals surface area contributed by atoms with Crippen molar-refractivity contribution >= 4 is 28.6 Å². The maximum absolute atomic E-state index is 13.3. The first-order valence-corrected chi connectivity index (χ1v) is 5.93. The summed E-state index contributed by atoms with van der Waals surface area (Å²) >= 11 is 5.89. The van der Waals surface area contributed by atoms with Gasteiger partial charge in [0.2, 0.25) is 5.95 Å². The molecule has 1 heterocycles.